The molecule has 0 spiro atoms. The molecular weight excluding hydrogens is 425 g/mol. The molecule has 154 valence electrons. The molecule has 0 aliphatic carbocycles. The lowest BCUT2D eigenvalue weighted by Crippen LogP contribution is -2.04. The van der Waals surface area contributed by atoms with Crippen LogP contribution in [0.3, 0.4) is 0 Å². The third kappa shape index (κ3) is 4.27. The molecule has 0 radical (unpaired) electrons. The van der Waals surface area contributed by atoms with Crippen LogP contribution in [0.25, 0.3) is 32.6 Å². The molecule has 1 N–H and O–H groups in total. The Balaban J connectivity index is 1.56. The molecule has 31 heavy (non-hydrogen) atoms. The van der Waals surface area contributed by atoms with Gasteiger partial charge >= 0.3 is 0 Å². The fraction of sp³-hybridized carbons (Fsp3) is 0.120. The number of rotatable bonds is 5. The van der Waals surface area contributed by atoms with Gasteiger partial charge in [0.15, 0.2) is 0 Å². The zero-order valence-electron chi connectivity index (χ0n) is 16.9. The number of nitrogens with zero attached hydrogens (tertiary/aromatic N) is 2. The minimum Gasteiger partial charge on any atom is -0.379 e. The second kappa shape index (κ2) is 8.65. The lowest BCUT2D eigenvalue weighted by atomic mass is 9.97. The predicted molar refractivity (Wildman–Crippen MR) is 131 cm³/mol. The normalized spacial score (nSPS) is 13.4. The van der Waals surface area contributed by atoms with Crippen LogP contribution in [0.15, 0.2) is 76.6 Å². The van der Waals surface area contributed by atoms with Gasteiger partial charge in [0.2, 0.25) is 0 Å². The summed E-state index contributed by atoms with van der Waals surface area (Å²) in [7, 11) is 0. The second-order valence-electron chi connectivity index (χ2n) is 7.37. The first kappa shape index (κ1) is 20.0. The lowest BCUT2D eigenvalue weighted by molar-refractivity contribution is 0.619. The number of anilines is 1. The highest BCUT2D eigenvalue weighted by molar-refractivity contribution is 8.05. The van der Waals surface area contributed by atoms with E-state index in [9.17, 15) is 4.39 Å². The number of aromatic nitrogens is 2. The van der Waals surface area contributed by atoms with Crippen molar-refractivity contribution in [2.75, 3.05) is 11.9 Å². The smallest absolute Gasteiger partial charge is 0.126 e. The van der Waals surface area contributed by atoms with Gasteiger partial charge in [-0.05, 0) is 66.3 Å². The van der Waals surface area contributed by atoms with Gasteiger partial charge in [-0.15, -0.1) is 23.1 Å². The Morgan fingerprint density at radius 2 is 1.97 bits per heavy atom. The number of nitrogens with one attached hydrogen (secondary N) is 1. The summed E-state index contributed by atoms with van der Waals surface area (Å²) in [4.78, 5) is 10.5. The van der Waals surface area contributed by atoms with Crippen molar-refractivity contribution in [1.82, 2.24) is 9.97 Å². The van der Waals surface area contributed by atoms with Crippen LogP contribution in [0.5, 0.6) is 0 Å². The number of pyridine rings is 1. The molecule has 2 aromatic carbocycles. The molecule has 3 nitrogen and oxygen atoms in total. The van der Waals surface area contributed by atoms with E-state index in [1.165, 1.54) is 11.0 Å². The second-order valence-corrected chi connectivity index (χ2v) is 9.29. The predicted octanol–water partition coefficient (Wildman–Crippen LogP) is 7.42. The van der Waals surface area contributed by atoms with Crippen LogP contribution in [-0.4, -0.2) is 16.5 Å². The van der Waals surface area contributed by atoms with Gasteiger partial charge in [0.25, 0.3) is 0 Å². The molecule has 1 aliphatic heterocycles. The number of allylic oxidation sites excluding steroid dienone is 2. The number of hydrogen-bond donors (Lipinski definition) is 1. The third-order valence-corrected chi connectivity index (χ3v) is 6.96. The van der Waals surface area contributed by atoms with E-state index < -0.39 is 0 Å². The van der Waals surface area contributed by atoms with Crippen LogP contribution in [0, 0.1) is 12.7 Å². The minimum atomic E-state index is -0.207. The molecule has 5 rings (SSSR count). The van der Waals surface area contributed by atoms with Crippen LogP contribution in [0.1, 0.15) is 12.0 Å². The van der Waals surface area contributed by atoms with Crippen LogP contribution >= 0.6 is 23.1 Å². The van der Waals surface area contributed by atoms with Gasteiger partial charge in [0.1, 0.15) is 5.82 Å². The maximum Gasteiger partial charge on any atom is 0.126 e. The van der Waals surface area contributed by atoms with E-state index in [2.05, 4.69) is 46.1 Å². The zero-order chi connectivity index (χ0) is 21.2. The van der Waals surface area contributed by atoms with Crippen molar-refractivity contribution in [1.29, 1.82) is 0 Å². The summed E-state index contributed by atoms with van der Waals surface area (Å²) in [6.45, 7) is 2.54. The Kier molecular flexibility index (Phi) is 5.57. The summed E-state index contributed by atoms with van der Waals surface area (Å²) < 4.78 is 15.0. The first-order valence-corrected chi connectivity index (χ1v) is 11.8. The number of halogens is 1. The van der Waals surface area contributed by atoms with E-state index in [-0.39, 0.29) is 5.82 Å². The molecule has 0 bridgehead atoms. The number of aryl methyl sites for hydroxylation is 1. The van der Waals surface area contributed by atoms with Gasteiger partial charge in [0, 0.05) is 22.6 Å². The molecule has 0 saturated carbocycles. The van der Waals surface area contributed by atoms with E-state index in [0.717, 1.165) is 51.3 Å². The molecule has 0 atom stereocenters. The average Bonchev–Trinajstić information content (AvgIpc) is 3.28. The summed E-state index contributed by atoms with van der Waals surface area (Å²) in [5, 5.41) is 5.63. The molecule has 4 aromatic rings. The Hall–Kier alpha value is -2.96. The fourth-order valence-electron chi connectivity index (χ4n) is 3.57. The summed E-state index contributed by atoms with van der Waals surface area (Å²) in [6.07, 6.45) is 7.22. The van der Waals surface area contributed by atoms with E-state index in [1.54, 1.807) is 36.1 Å². The maximum absolute atomic E-state index is 13.9. The molecule has 6 heteroatoms. The van der Waals surface area contributed by atoms with Crippen molar-refractivity contribution < 1.29 is 4.39 Å². The summed E-state index contributed by atoms with van der Waals surface area (Å²) in [6, 6.07) is 13.6. The van der Waals surface area contributed by atoms with Crippen molar-refractivity contribution in [3.05, 3.63) is 88.0 Å². The molecule has 2 aromatic heterocycles. The Morgan fingerprint density at radius 3 is 2.81 bits per heavy atom. The largest absolute Gasteiger partial charge is 0.379 e. The van der Waals surface area contributed by atoms with E-state index in [1.807, 2.05) is 23.8 Å². The zero-order valence-corrected chi connectivity index (χ0v) is 18.6. The van der Waals surface area contributed by atoms with Gasteiger partial charge in [-0.3, -0.25) is 4.98 Å². The monoisotopic (exact) mass is 445 g/mol. The molecule has 1 aliphatic rings. The van der Waals surface area contributed by atoms with E-state index in [0.29, 0.717) is 5.56 Å². The Morgan fingerprint density at radius 1 is 1.06 bits per heavy atom. The van der Waals surface area contributed by atoms with Crippen molar-refractivity contribution in [2.45, 2.75) is 13.3 Å². The first-order chi connectivity index (χ1) is 15.2. The Bertz CT molecular complexity index is 1320. The minimum absolute atomic E-state index is 0.207. The van der Waals surface area contributed by atoms with Crippen LogP contribution in [0.2, 0.25) is 0 Å². The van der Waals surface area contributed by atoms with E-state index >= 15 is 0 Å². The van der Waals surface area contributed by atoms with Crippen molar-refractivity contribution in [2.24, 2.45) is 0 Å². The van der Waals surface area contributed by atoms with Crippen molar-refractivity contribution in [3.63, 3.8) is 0 Å². The van der Waals surface area contributed by atoms with Crippen LogP contribution in [0.4, 0.5) is 10.1 Å². The maximum atomic E-state index is 13.9. The molecular formula is C25H20FN3S2. The number of fused-ring (bicyclic) bond motifs is 1. The quantitative estimate of drug-likeness (QED) is 0.347. The lowest BCUT2D eigenvalue weighted by Gasteiger charge is -2.15. The Labute approximate surface area is 188 Å². The van der Waals surface area contributed by atoms with Crippen molar-refractivity contribution in [3.8, 4) is 22.4 Å². The third-order valence-electron chi connectivity index (χ3n) is 5.23. The van der Waals surface area contributed by atoms with Crippen LogP contribution < -0.4 is 5.32 Å². The fourth-order valence-corrected chi connectivity index (χ4v) is 5.01. The van der Waals surface area contributed by atoms with Crippen LogP contribution in [-0.2, 0) is 0 Å². The van der Waals surface area contributed by atoms with Gasteiger partial charge in [0.05, 0.1) is 33.3 Å². The number of thiazole rings is 1. The summed E-state index contributed by atoms with van der Waals surface area (Å²) in [5.41, 5.74) is 8.24. The summed E-state index contributed by atoms with van der Waals surface area (Å²) >= 11 is 3.37. The van der Waals surface area contributed by atoms with Gasteiger partial charge in [-0.25, -0.2) is 9.37 Å². The van der Waals surface area contributed by atoms with Gasteiger partial charge < -0.3 is 5.32 Å². The van der Waals surface area contributed by atoms with Gasteiger partial charge in [-0.1, -0.05) is 18.2 Å². The number of benzene rings is 2. The standard InChI is InChI=1S/C25H20FN3S2/c1-16-10-18(5-7-22(16)26)25-21(17-6-8-23-24(11-17)31-15-29-23)12-19(13-28-25)27-14-20-4-2-3-9-30-20/h3-13,15,27H,2,14H2,1H3. The topological polar surface area (TPSA) is 37.8 Å². The highest BCUT2D eigenvalue weighted by Gasteiger charge is 2.13. The molecule has 0 amide bonds. The molecule has 0 unspecified atom stereocenters. The van der Waals surface area contributed by atoms with E-state index in [4.69, 9.17) is 4.98 Å². The SMILES string of the molecule is Cc1cc(-c2ncc(NCC3=CCC=CS3)cc2-c2ccc3ncsc3c2)ccc1F. The highest BCUT2D eigenvalue weighted by Crippen LogP contribution is 2.35. The molecule has 3 heterocycles. The number of thioether (sulfide) groups is 1. The molecule has 0 saturated heterocycles. The average molecular weight is 446 g/mol. The summed E-state index contributed by atoms with van der Waals surface area (Å²) in [5.74, 6) is -0.207. The molecule has 0 fully saturated rings. The van der Waals surface area contributed by atoms with Gasteiger partial charge in [-0.2, -0.15) is 0 Å². The van der Waals surface area contributed by atoms with Crippen molar-refractivity contribution >= 4 is 39.0 Å². The first-order valence-electron chi connectivity index (χ1n) is 10.0. The number of hydrogen-bond acceptors (Lipinski definition) is 5. The highest BCUT2D eigenvalue weighted by atomic mass is 32.2.